The molecule has 2 heterocycles. The van der Waals surface area contributed by atoms with Crippen molar-refractivity contribution in [3.63, 3.8) is 0 Å². The van der Waals surface area contributed by atoms with E-state index in [2.05, 4.69) is 15.2 Å². The number of nitrogens with one attached hydrogen (secondary N) is 1. The van der Waals surface area contributed by atoms with Crippen LogP contribution in [0.4, 0.5) is 4.79 Å². The molecule has 0 aliphatic carbocycles. The molecule has 12 heteroatoms. The van der Waals surface area contributed by atoms with Crippen LogP contribution in [-0.2, 0) is 20.7 Å². The maximum absolute atomic E-state index is 12.2. The Hall–Kier alpha value is -2.73. The standard InChI is InChI=1S/C24H31ClN4O5S.CH4O/c1-24(2,3)34-23(32)29-9-7-28(8-10-29)11-13-33-18-4-5-19(20(25)15-18)22-27-17(16-35-22)14-21(31)26-6-12-30;1-2/h4-5,12,15-16H,6-11,13-14H2,1-3H3,(H,26,31);2H,1H3. The molecule has 0 saturated carbocycles. The summed E-state index contributed by atoms with van der Waals surface area (Å²) in [6.07, 6.45) is 0.479. The molecule has 0 unspecified atom stereocenters. The quantitative estimate of drug-likeness (QED) is 0.454. The molecule has 3 rings (SSSR count). The molecular weight excluding hydrogens is 520 g/mol. The molecule has 0 bridgehead atoms. The fourth-order valence-electron chi connectivity index (χ4n) is 3.43. The number of aldehydes is 1. The molecular formula is C25H35ClN4O6S. The molecule has 0 radical (unpaired) electrons. The molecule has 2 amide bonds. The van der Waals surface area contributed by atoms with Gasteiger partial charge < -0.3 is 29.6 Å². The van der Waals surface area contributed by atoms with Gasteiger partial charge in [0, 0.05) is 50.8 Å². The van der Waals surface area contributed by atoms with Gasteiger partial charge >= 0.3 is 6.09 Å². The van der Waals surface area contributed by atoms with Crippen LogP contribution < -0.4 is 10.1 Å². The first kappa shape index (κ1) is 30.5. The number of ether oxygens (including phenoxy) is 2. The number of aliphatic hydroxyl groups excluding tert-OH is 1. The number of piperazine rings is 1. The first-order valence-corrected chi connectivity index (χ1v) is 13.1. The number of carbonyl (C=O) groups is 3. The summed E-state index contributed by atoms with van der Waals surface area (Å²) in [7, 11) is 1.00. The van der Waals surface area contributed by atoms with Crippen molar-refractivity contribution in [3.8, 4) is 16.3 Å². The van der Waals surface area contributed by atoms with Gasteiger partial charge in [-0.25, -0.2) is 9.78 Å². The monoisotopic (exact) mass is 554 g/mol. The number of rotatable bonds is 9. The van der Waals surface area contributed by atoms with E-state index < -0.39 is 5.60 Å². The van der Waals surface area contributed by atoms with Gasteiger partial charge in [0.2, 0.25) is 5.91 Å². The summed E-state index contributed by atoms with van der Waals surface area (Å²) >= 11 is 7.88. The second-order valence-electron chi connectivity index (χ2n) is 9.09. The Balaban J connectivity index is 0.00000235. The summed E-state index contributed by atoms with van der Waals surface area (Å²) in [6, 6.07) is 5.46. The predicted octanol–water partition coefficient (Wildman–Crippen LogP) is 2.86. The molecule has 1 aliphatic heterocycles. The highest BCUT2D eigenvalue weighted by Gasteiger charge is 2.25. The fraction of sp³-hybridized carbons (Fsp3) is 0.520. The van der Waals surface area contributed by atoms with Crippen molar-refractivity contribution < 1.29 is 29.0 Å². The smallest absolute Gasteiger partial charge is 0.410 e. The van der Waals surface area contributed by atoms with Gasteiger partial charge in [0.25, 0.3) is 0 Å². The van der Waals surface area contributed by atoms with Gasteiger partial charge in [-0.15, -0.1) is 11.3 Å². The van der Waals surface area contributed by atoms with E-state index in [1.165, 1.54) is 11.3 Å². The Kier molecular flexibility index (Phi) is 12.3. The van der Waals surface area contributed by atoms with Crippen LogP contribution in [0.3, 0.4) is 0 Å². The normalized spacial score (nSPS) is 13.8. The van der Waals surface area contributed by atoms with E-state index >= 15 is 0 Å². The number of hydrogen-bond donors (Lipinski definition) is 2. The van der Waals surface area contributed by atoms with E-state index in [4.69, 9.17) is 26.2 Å². The van der Waals surface area contributed by atoms with Crippen LogP contribution in [-0.4, -0.2) is 96.8 Å². The SMILES string of the molecule is CC(C)(C)OC(=O)N1CCN(CCOc2ccc(-c3nc(CC(=O)NCC=O)cs3)c(Cl)c2)CC1.CO. The van der Waals surface area contributed by atoms with E-state index in [1.54, 1.807) is 16.3 Å². The highest BCUT2D eigenvalue weighted by atomic mass is 35.5. The summed E-state index contributed by atoms with van der Waals surface area (Å²) in [5.74, 6) is 0.409. The van der Waals surface area contributed by atoms with Crippen molar-refractivity contribution in [1.82, 2.24) is 20.1 Å². The molecule has 2 aromatic rings. The average molecular weight is 555 g/mol. The largest absolute Gasteiger partial charge is 0.492 e. The molecule has 0 spiro atoms. The lowest BCUT2D eigenvalue weighted by molar-refractivity contribution is -0.121. The predicted molar refractivity (Wildman–Crippen MR) is 143 cm³/mol. The van der Waals surface area contributed by atoms with E-state index in [0.29, 0.717) is 47.5 Å². The van der Waals surface area contributed by atoms with Crippen LogP contribution in [0.15, 0.2) is 23.6 Å². The number of carbonyl (C=O) groups excluding carboxylic acids is 3. The zero-order valence-corrected chi connectivity index (χ0v) is 23.2. The Bertz CT molecular complexity index is 1030. The van der Waals surface area contributed by atoms with Gasteiger partial charge in [-0.2, -0.15) is 0 Å². The highest BCUT2D eigenvalue weighted by molar-refractivity contribution is 7.13. The summed E-state index contributed by atoms with van der Waals surface area (Å²) < 4.78 is 11.3. The molecule has 1 saturated heterocycles. The third-order valence-corrected chi connectivity index (χ3v) is 6.38. The van der Waals surface area contributed by atoms with Gasteiger partial charge in [0.15, 0.2) is 0 Å². The van der Waals surface area contributed by atoms with Crippen LogP contribution in [0.5, 0.6) is 5.75 Å². The zero-order valence-electron chi connectivity index (χ0n) is 21.7. The number of aliphatic hydroxyl groups is 1. The maximum Gasteiger partial charge on any atom is 0.410 e. The number of nitrogens with zero attached hydrogens (tertiary/aromatic N) is 3. The lowest BCUT2D eigenvalue weighted by atomic mass is 10.2. The first-order chi connectivity index (χ1) is 17.6. The van der Waals surface area contributed by atoms with Crippen LogP contribution in [0.25, 0.3) is 10.6 Å². The highest BCUT2D eigenvalue weighted by Crippen LogP contribution is 2.33. The Morgan fingerprint density at radius 1 is 1.22 bits per heavy atom. The molecule has 0 atom stereocenters. The minimum Gasteiger partial charge on any atom is -0.492 e. The minimum atomic E-state index is -0.491. The summed E-state index contributed by atoms with van der Waals surface area (Å²) in [5, 5.41) is 12.5. The van der Waals surface area contributed by atoms with Crippen LogP contribution in [0.1, 0.15) is 26.5 Å². The second-order valence-corrected chi connectivity index (χ2v) is 10.4. The summed E-state index contributed by atoms with van der Waals surface area (Å²) in [5.41, 5.74) is 0.896. The van der Waals surface area contributed by atoms with Crippen LogP contribution in [0, 0.1) is 0 Å². The Morgan fingerprint density at radius 2 is 1.92 bits per heavy atom. The molecule has 1 fully saturated rings. The van der Waals surface area contributed by atoms with Crippen LogP contribution >= 0.6 is 22.9 Å². The number of thiazole rings is 1. The molecule has 1 aromatic carbocycles. The average Bonchev–Trinajstić information content (AvgIpc) is 3.31. The van der Waals surface area contributed by atoms with E-state index in [0.717, 1.165) is 32.3 Å². The zero-order chi connectivity index (χ0) is 27.4. The van der Waals surface area contributed by atoms with Crippen molar-refractivity contribution in [2.24, 2.45) is 0 Å². The topological polar surface area (TPSA) is 121 Å². The first-order valence-electron chi connectivity index (χ1n) is 11.9. The maximum atomic E-state index is 12.2. The summed E-state index contributed by atoms with van der Waals surface area (Å²) in [4.78, 5) is 42.8. The Morgan fingerprint density at radius 3 is 2.54 bits per heavy atom. The van der Waals surface area contributed by atoms with Gasteiger partial charge in [0.1, 0.15) is 29.3 Å². The number of amides is 2. The van der Waals surface area contributed by atoms with Crippen molar-refractivity contribution in [3.05, 3.63) is 34.3 Å². The molecule has 1 aromatic heterocycles. The van der Waals surface area contributed by atoms with Gasteiger partial charge in [-0.05, 0) is 39.0 Å². The van der Waals surface area contributed by atoms with E-state index in [1.807, 2.05) is 32.9 Å². The molecule has 1 aliphatic rings. The van der Waals surface area contributed by atoms with E-state index in [-0.39, 0.29) is 25.0 Å². The van der Waals surface area contributed by atoms with Gasteiger partial charge in [-0.1, -0.05) is 11.6 Å². The minimum absolute atomic E-state index is 0.00853. The van der Waals surface area contributed by atoms with Gasteiger partial charge in [0.05, 0.1) is 23.7 Å². The van der Waals surface area contributed by atoms with E-state index in [9.17, 15) is 14.4 Å². The molecule has 37 heavy (non-hydrogen) atoms. The van der Waals surface area contributed by atoms with Crippen molar-refractivity contribution in [2.75, 3.05) is 53.0 Å². The lowest BCUT2D eigenvalue weighted by Gasteiger charge is -2.35. The van der Waals surface area contributed by atoms with Crippen molar-refractivity contribution >= 4 is 41.2 Å². The van der Waals surface area contributed by atoms with Crippen molar-refractivity contribution in [2.45, 2.75) is 32.8 Å². The fourth-order valence-corrected chi connectivity index (χ4v) is 4.60. The van der Waals surface area contributed by atoms with Crippen LogP contribution in [0.2, 0.25) is 5.02 Å². The van der Waals surface area contributed by atoms with Crippen molar-refractivity contribution in [1.29, 1.82) is 0 Å². The summed E-state index contributed by atoms with van der Waals surface area (Å²) in [6.45, 7) is 9.62. The Labute approximate surface area is 226 Å². The third kappa shape index (κ3) is 10.3. The third-order valence-electron chi connectivity index (χ3n) is 5.15. The number of halogens is 1. The number of hydrogen-bond acceptors (Lipinski definition) is 9. The number of aromatic nitrogens is 1. The number of benzene rings is 1. The molecule has 2 N–H and O–H groups in total. The molecule has 204 valence electrons. The van der Waals surface area contributed by atoms with Gasteiger partial charge in [-0.3, -0.25) is 9.69 Å². The second kappa shape index (κ2) is 14.9. The lowest BCUT2D eigenvalue weighted by Crippen LogP contribution is -2.50. The molecule has 10 nitrogen and oxygen atoms in total.